The lowest BCUT2D eigenvalue weighted by atomic mass is 9.67. The molecule has 0 amide bonds. The van der Waals surface area contributed by atoms with Gasteiger partial charge in [-0.25, -0.2) is 14.8 Å². The van der Waals surface area contributed by atoms with Crippen LogP contribution in [0.15, 0.2) is 68.7 Å². The number of nitrogen functional groups attached to an aromatic ring is 2. The number of pyridine rings is 2. The quantitative estimate of drug-likeness (QED) is 0.140. The number of allylic oxidation sites excluding steroid dienone is 4. The van der Waals surface area contributed by atoms with E-state index in [2.05, 4.69) is 16.0 Å². The van der Waals surface area contributed by atoms with Crippen LogP contribution in [0.3, 0.4) is 0 Å². The smallest absolute Gasteiger partial charge is 0.333 e. The summed E-state index contributed by atoms with van der Waals surface area (Å²) in [6, 6.07) is 5.11. The molecule has 1 fully saturated rings. The molecule has 11 nitrogen and oxygen atoms in total. The molecule has 0 unspecified atom stereocenters. The monoisotopic (exact) mass is 728 g/mol. The third-order valence-corrected chi connectivity index (χ3v) is 12.9. The number of nitrogens with two attached hydrogens (primary N) is 2. The Morgan fingerprint density at radius 2 is 1.87 bits per heavy atom. The molecule has 1 spiro atoms. The van der Waals surface area contributed by atoms with Gasteiger partial charge in [-0.3, -0.25) is 4.79 Å². The zero-order valence-electron chi connectivity index (χ0n) is 30.8. The van der Waals surface area contributed by atoms with Crippen LogP contribution in [-0.4, -0.2) is 37.9 Å². The maximum atomic E-state index is 13.8. The number of benzene rings is 1. The normalized spacial score (nSPS) is 23.9. The Hall–Kier alpha value is -5.42. The lowest BCUT2D eigenvalue weighted by Crippen LogP contribution is -2.57. The van der Waals surface area contributed by atoms with Crippen LogP contribution in [0.1, 0.15) is 92.0 Å². The lowest BCUT2D eigenvalue weighted by Gasteiger charge is -2.48. The van der Waals surface area contributed by atoms with Gasteiger partial charge in [0.25, 0.3) is 0 Å². The van der Waals surface area contributed by atoms with Gasteiger partial charge >= 0.3 is 5.97 Å². The molecule has 3 aliphatic carbocycles. The number of hydrogen-bond acceptors (Lipinski definition) is 11. The van der Waals surface area contributed by atoms with E-state index < -0.39 is 35.6 Å². The molecule has 0 radical (unpaired) electrons. The van der Waals surface area contributed by atoms with Crippen molar-refractivity contribution >= 4 is 34.1 Å². The molecule has 5 heterocycles. The standard InChI is InChI=1S/C43H44N4O7/c1-4-21(2)41(51)53-32-17-26-37(50)36-31(49)16-25(20-48)52-39(36)27-12-22-8-11-46-40(45)34(22)28-18-43(9-6-5-7-10-43)30-13-23-15-33(44)47-19-24(23)14-29(35(28)30)42(32,3)54-38(26)27/h4,8,11,15-16,18-19,29,32,48,50H,5-7,9-10,12-14,17,20H2,1-3H3,(H2,44,47)(H2,45,46)/b21-4-/t29-,32+,42-/m0/s1. The Kier molecular flexibility index (Phi) is 7.83. The van der Waals surface area contributed by atoms with Crippen LogP contribution in [0, 0.1) is 11.3 Å². The van der Waals surface area contributed by atoms with Gasteiger partial charge in [0.2, 0.25) is 0 Å². The van der Waals surface area contributed by atoms with Gasteiger partial charge in [-0.05, 0) is 86.4 Å². The number of ether oxygens (including phenoxy) is 2. The third-order valence-electron chi connectivity index (χ3n) is 12.9. The van der Waals surface area contributed by atoms with Crippen LogP contribution in [0.2, 0.25) is 0 Å². The molecule has 0 saturated heterocycles. The summed E-state index contributed by atoms with van der Waals surface area (Å²) in [5.74, 6) is 0.0393. The number of anilines is 2. The molecule has 2 aliphatic heterocycles. The van der Waals surface area contributed by atoms with E-state index in [0.29, 0.717) is 46.9 Å². The molecular formula is C43H44N4O7. The Labute approximate surface area is 312 Å². The number of phenols is 1. The minimum Gasteiger partial charge on any atom is -0.507 e. The first-order chi connectivity index (χ1) is 26.0. The fourth-order valence-corrected chi connectivity index (χ4v) is 9.98. The average molecular weight is 729 g/mol. The molecule has 5 aliphatic rings. The first-order valence-corrected chi connectivity index (χ1v) is 18.9. The number of aromatic nitrogens is 2. The van der Waals surface area contributed by atoms with E-state index in [4.69, 9.17) is 25.4 Å². The zero-order chi connectivity index (χ0) is 37.7. The van der Waals surface area contributed by atoms with Crippen LogP contribution in [-0.2, 0) is 41.8 Å². The van der Waals surface area contributed by atoms with Crippen molar-refractivity contribution in [1.82, 2.24) is 9.97 Å². The largest absolute Gasteiger partial charge is 0.507 e. The Morgan fingerprint density at radius 1 is 1.07 bits per heavy atom. The van der Waals surface area contributed by atoms with Crippen molar-refractivity contribution < 1.29 is 28.9 Å². The van der Waals surface area contributed by atoms with Crippen molar-refractivity contribution in [2.75, 3.05) is 11.5 Å². The summed E-state index contributed by atoms with van der Waals surface area (Å²) in [6.07, 6.45) is 13.5. The number of aromatic hydroxyl groups is 1. The topological polar surface area (TPSA) is 184 Å². The number of aliphatic hydroxyl groups excluding tert-OH is 1. The van der Waals surface area contributed by atoms with Crippen LogP contribution >= 0.6 is 0 Å². The lowest BCUT2D eigenvalue weighted by molar-refractivity contribution is -0.162. The number of hydrogen-bond donors (Lipinski definition) is 4. The van der Waals surface area contributed by atoms with E-state index in [9.17, 15) is 19.8 Å². The van der Waals surface area contributed by atoms with E-state index in [0.717, 1.165) is 65.5 Å². The van der Waals surface area contributed by atoms with E-state index in [1.807, 2.05) is 25.3 Å². The fourth-order valence-electron chi connectivity index (χ4n) is 9.98. The zero-order valence-corrected chi connectivity index (χ0v) is 30.8. The van der Waals surface area contributed by atoms with Gasteiger partial charge in [0.05, 0.1) is 0 Å². The van der Waals surface area contributed by atoms with Crippen LogP contribution in [0.25, 0.3) is 16.5 Å². The molecular weight excluding hydrogens is 684 g/mol. The molecule has 1 saturated carbocycles. The first-order valence-electron chi connectivity index (χ1n) is 18.9. The van der Waals surface area contributed by atoms with Crippen LogP contribution in [0.4, 0.5) is 11.6 Å². The molecule has 9 rings (SSSR count). The molecule has 11 heteroatoms. The molecule has 54 heavy (non-hydrogen) atoms. The Morgan fingerprint density at radius 3 is 2.63 bits per heavy atom. The maximum absolute atomic E-state index is 13.8. The Balaban J connectivity index is 1.42. The van der Waals surface area contributed by atoms with Gasteiger partial charge in [-0.2, -0.15) is 0 Å². The van der Waals surface area contributed by atoms with Gasteiger partial charge in [0.1, 0.15) is 52.6 Å². The molecule has 3 atom stereocenters. The predicted molar refractivity (Wildman–Crippen MR) is 204 cm³/mol. The number of phenolic OH excluding ortho intramolecular Hbond substituents is 1. The molecule has 2 bridgehead atoms. The summed E-state index contributed by atoms with van der Waals surface area (Å²) < 4.78 is 20.1. The van der Waals surface area contributed by atoms with E-state index in [1.54, 1.807) is 26.1 Å². The minimum absolute atomic E-state index is 0.0281. The SMILES string of the molecule is C/C=C(/C)C(=O)O[C@@H]1Cc2c3c(c4oc(CO)cc(=O)c4c2O)Cc2ccnc(N)c2C2=CC4(CCCCC4)C4=C2[C@H](Cc2cnc(N)cc2C4)[C@]1(C)O3. The summed E-state index contributed by atoms with van der Waals surface area (Å²) >= 11 is 0. The van der Waals surface area contributed by atoms with Crippen molar-refractivity contribution in [3.63, 3.8) is 0 Å². The fraction of sp³-hybridized carbons (Fsp3) is 0.395. The second-order valence-corrected chi connectivity index (χ2v) is 15.8. The van der Waals surface area contributed by atoms with Crippen molar-refractivity contribution in [3.05, 3.63) is 109 Å². The summed E-state index contributed by atoms with van der Waals surface area (Å²) in [7, 11) is 0. The summed E-state index contributed by atoms with van der Waals surface area (Å²) in [4.78, 5) is 36.6. The van der Waals surface area contributed by atoms with Crippen molar-refractivity contribution in [3.8, 4) is 11.5 Å². The van der Waals surface area contributed by atoms with Gasteiger partial charge < -0.3 is 35.6 Å². The molecule has 6 N–H and O–H groups in total. The molecule has 278 valence electrons. The number of esters is 1. The summed E-state index contributed by atoms with van der Waals surface area (Å²) in [5, 5.41) is 22.1. The second-order valence-electron chi connectivity index (χ2n) is 15.8. The number of fused-ring (bicyclic) bond motifs is 8. The minimum atomic E-state index is -1.22. The second kappa shape index (κ2) is 12.3. The molecule has 1 aromatic carbocycles. The molecule has 4 aromatic rings. The van der Waals surface area contributed by atoms with Gasteiger partial charge in [-0.15, -0.1) is 0 Å². The number of carbonyl (C=O) groups is 1. The maximum Gasteiger partial charge on any atom is 0.333 e. The number of nitrogens with zero attached hydrogens (tertiary/aromatic N) is 2. The molecule has 3 aromatic heterocycles. The predicted octanol–water partition coefficient (Wildman–Crippen LogP) is 6.18. The summed E-state index contributed by atoms with van der Waals surface area (Å²) in [6.45, 7) is 4.97. The van der Waals surface area contributed by atoms with E-state index in [-0.39, 0.29) is 40.7 Å². The highest BCUT2D eigenvalue weighted by atomic mass is 16.6. The van der Waals surface area contributed by atoms with E-state index >= 15 is 0 Å². The summed E-state index contributed by atoms with van der Waals surface area (Å²) in [5.41, 5.74) is 20.0. The van der Waals surface area contributed by atoms with Gasteiger partial charge in [-0.1, -0.05) is 37.0 Å². The number of carbonyl (C=O) groups excluding carboxylic acids is 1. The first kappa shape index (κ1) is 34.4. The average Bonchev–Trinajstić information content (AvgIpc) is 3.31. The van der Waals surface area contributed by atoms with E-state index in [1.165, 1.54) is 11.6 Å². The van der Waals surface area contributed by atoms with Crippen molar-refractivity contribution in [2.45, 2.75) is 96.9 Å². The van der Waals surface area contributed by atoms with Crippen LogP contribution in [0.5, 0.6) is 11.5 Å². The number of rotatable bonds is 3. The van der Waals surface area contributed by atoms with Gasteiger partial charge in [0, 0.05) is 64.9 Å². The highest BCUT2D eigenvalue weighted by molar-refractivity contribution is 5.94. The number of aliphatic hydroxyl groups is 1. The van der Waals surface area contributed by atoms with Crippen molar-refractivity contribution in [2.24, 2.45) is 11.3 Å². The Bertz CT molecular complexity index is 2450. The highest BCUT2D eigenvalue weighted by Gasteiger charge is 2.57. The highest BCUT2D eigenvalue weighted by Crippen LogP contribution is 2.61. The van der Waals surface area contributed by atoms with Gasteiger partial charge in [0.15, 0.2) is 11.0 Å². The third kappa shape index (κ3) is 4.97. The van der Waals surface area contributed by atoms with Crippen LogP contribution < -0.4 is 21.6 Å². The van der Waals surface area contributed by atoms with Crippen molar-refractivity contribution in [1.29, 1.82) is 0 Å².